The Hall–Kier alpha value is -1.84. The zero-order valence-electron chi connectivity index (χ0n) is 21.8. The van der Waals surface area contributed by atoms with Gasteiger partial charge in [0.2, 0.25) is 0 Å². The Morgan fingerprint density at radius 2 is 1.45 bits per heavy atom. The van der Waals surface area contributed by atoms with Gasteiger partial charge in [-0.25, -0.2) is 0 Å². The van der Waals surface area contributed by atoms with E-state index in [-0.39, 0.29) is 5.60 Å². The maximum absolute atomic E-state index is 6.81. The summed E-state index contributed by atoms with van der Waals surface area (Å²) in [6, 6.07) is 19.1. The largest absolute Gasteiger partial charge is 0.494 e. The third-order valence-corrected chi connectivity index (χ3v) is 9.52. The van der Waals surface area contributed by atoms with Crippen LogP contribution in [0.2, 0.25) is 19.1 Å². The van der Waals surface area contributed by atoms with E-state index in [4.69, 9.17) is 9.16 Å². The van der Waals surface area contributed by atoms with Gasteiger partial charge >= 0.3 is 0 Å². The van der Waals surface area contributed by atoms with Crippen LogP contribution < -0.4 is 4.74 Å². The van der Waals surface area contributed by atoms with E-state index < -0.39 is 8.32 Å². The summed E-state index contributed by atoms with van der Waals surface area (Å²) < 4.78 is 12.9. The summed E-state index contributed by atoms with van der Waals surface area (Å²) in [5.41, 5.74) is 1.45. The first-order valence-electron chi connectivity index (χ1n) is 12.7. The Bertz CT molecular complexity index is 1120. The fourth-order valence-corrected chi connectivity index (χ4v) is 9.81. The average molecular weight is 463 g/mol. The third kappa shape index (κ3) is 6.83. The molecule has 4 rings (SSSR count). The van der Waals surface area contributed by atoms with Gasteiger partial charge in [-0.3, -0.25) is 0 Å². The van der Waals surface area contributed by atoms with Crippen molar-refractivity contribution in [3.05, 3.63) is 54.1 Å². The lowest BCUT2D eigenvalue weighted by Gasteiger charge is -2.38. The fraction of sp³-hybridized carbons (Fsp3) is 0.533. The Kier molecular flexibility index (Phi) is 6.68. The van der Waals surface area contributed by atoms with Crippen molar-refractivity contribution < 1.29 is 9.16 Å². The smallest absolute Gasteiger partial charge is 0.188 e. The first-order chi connectivity index (χ1) is 15.4. The summed E-state index contributed by atoms with van der Waals surface area (Å²) in [5.74, 6) is 1.88. The van der Waals surface area contributed by atoms with Crippen molar-refractivity contribution in [2.45, 2.75) is 85.0 Å². The van der Waals surface area contributed by atoms with E-state index in [2.05, 4.69) is 96.2 Å². The van der Waals surface area contributed by atoms with Gasteiger partial charge in [-0.05, 0) is 96.4 Å². The minimum atomic E-state index is -1.77. The summed E-state index contributed by atoms with van der Waals surface area (Å²) in [6.07, 6.45) is 4.86. The fourth-order valence-electron chi connectivity index (χ4n) is 5.61. The molecule has 1 aliphatic rings. The molecular weight excluding hydrogens is 420 g/mol. The molecule has 178 valence electrons. The van der Waals surface area contributed by atoms with Crippen LogP contribution in [0.25, 0.3) is 21.5 Å². The summed E-state index contributed by atoms with van der Waals surface area (Å²) >= 11 is 0. The number of benzene rings is 3. The molecule has 0 N–H and O–H groups in total. The Labute approximate surface area is 201 Å². The molecule has 0 amide bonds. The van der Waals surface area contributed by atoms with Crippen molar-refractivity contribution in [2.75, 3.05) is 6.61 Å². The van der Waals surface area contributed by atoms with E-state index >= 15 is 0 Å². The van der Waals surface area contributed by atoms with Gasteiger partial charge in [-0.15, -0.1) is 0 Å². The quantitative estimate of drug-likeness (QED) is 0.234. The molecule has 0 heterocycles. The highest BCUT2D eigenvalue weighted by Crippen LogP contribution is 2.35. The molecule has 0 saturated heterocycles. The van der Waals surface area contributed by atoms with Crippen LogP contribution in [0.4, 0.5) is 0 Å². The zero-order valence-corrected chi connectivity index (χ0v) is 22.8. The molecular formula is C30H42O2Si. The zero-order chi connectivity index (χ0) is 23.9. The molecule has 0 unspecified atom stereocenters. The average Bonchev–Trinajstić information content (AvgIpc) is 3.49. The molecule has 0 aromatic heterocycles. The molecule has 0 spiro atoms. The van der Waals surface area contributed by atoms with Crippen molar-refractivity contribution in [1.29, 1.82) is 0 Å². The van der Waals surface area contributed by atoms with Gasteiger partial charge in [0.05, 0.1) is 12.2 Å². The highest BCUT2D eigenvalue weighted by Gasteiger charge is 2.35. The molecule has 3 heteroatoms. The number of ether oxygens (including phenoxy) is 1. The highest BCUT2D eigenvalue weighted by molar-refractivity contribution is 6.71. The van der Waals surface area contributed by atoms with E-state index in [0.29, 0.717) is 5.41 Å². The van der Waals surface area contributed by atoms with Gasteiger partial charge < -0.3 is 9.16 Å². The molecule has 3 aromatic rings. The lowest BCUT2D eigenvalue weighted by Crippen LogP contribution is -2.44. The highest BCUT2D eigenvalue weighted by atomic mass is 28.4. The van der Waals surface area contributed by atoms with E-state index in [1.165, 1.54) is 46.4 Å². The second-order valence-electron chi connectivity index (χ2n) is 12.6. The van der Waals surface area contributed by atoms with Crippen molar-refractivity contribution >= 4 is 29.9 Å². The van der Waals surface area contributed by atoms with Gasteiger partial charge in [-0.1, -0.05) is 70.0 Å². The molecule has 2 nitrogen and oxygen atoms in total. The SMILES string of the molecule is CC(C)(C)C[Si](C)(C)OC(C)(C)Cc1ccc2ccc3ccc(OCCC4CC4)cc3c2c1. The van der Waals surface area contributed by atoms with Gasteiger partial charge in [0.1, 0.15) is 5.75 Å². The predicted octanol–water partition coefficient (Wildman–Crippen LogP) is 8.76. The van der Waals surface area contributed by atoms with Gasteiger partial charge in [0.25, 0.3) is 0 Å². The summed E-state index contributed by atoms with van der Waals surface area (Å²) in [6.45, 7) is 17.0. The minimum Gasteiger partial charge on any atom is -0.494 e. The second kappa shape index (κ2) is 9.07. The second-order valence-corrected chi connectivity index (χ2v) is 16.7. The number of rotatable bonds is 9. The van der Waals surface area contributed by atoms with Crippen LogP contribution >= 0.6 is 0 Å². The van der Waals surface area contributed by atoms with E-state index in [0.717, 1.165) is 30.7 Å². The molecule has 0 aliphatic heterocycles. The summed E-state index contributed by atoms with van der Waals surface area (Å²) in [5, 5.41) is 5.13. The molecule has 1 fully saturated rings. The van der Waals surface area contributed by atoms with Crippen LogP contribution in [-0.4, -0.2) is 20.5 Å². The van der Waals surface area contributed by atoms with Gasteiger partial charge in [-0.2, -0.15) is 0 Å². The van der Waals surface area contributed by atoms with Crippen molar-refractivity contribution in [1.82, 2.24) is 0 Å². The normalized spacial score (nSPS) is 15.4. The summed E-state index contributed by atoms with van der Waals surface area (Å²) in [7, 11) is -1.77. The number of fused-ring (bicyclic) bond motifs is 3. The van der Waals surface area contributed by atoms with Crippen LogP contribution in [0.5, 0.6) is 5.75 Å². The van der Waals surface area contributed by atoms with Crippen LogP contribution in [0, 0.1) is 11.3 Å². The lowest BCUT2D eigenvalue weighted by molar-refractivity contribution is 0.0963. The van der Waals surface area contributed by atoms with Crippen LogP contribution in [0.15, 0.2) is 48.5 Å². The maximum Gasteiger partial charge on any atom is 0.188 e. The topological polar surface area (TPSA) is 18.5 Å². The van der Waals surface area contributed by atoms with Gasteiger partial charge in [0, 0.05) is 0 Å². The van der Waals surface area contributed by atoms with E-state index in [1.807, 2.05) is 0 Å². The van der Waals surface area contributed by atoms with E-state index in [9.17, 15) is 0 Å². The standard InChI is InChI=1S/C30H42O2Si/c1-29(2,3)21-33(6,7)32-30(4,5)20-23-10-11-24-12-13-25-14-15-26(19-28(25)27(24)18-23)31-17-16-22-8-9-22/h10-15,18-19,22H,8-9,16-17,20-21H2,1-7H3. The minimum absolute atomic E-state index is 0.184. The Morgan fingerprint density at radius 3 is 2.09 bits per heavy atom. The molecule has 3 aromatic carbocycles. The lowest BCUT2D eigenvalue weighted by atomic mass is 9.94. The first kappa shape index (κ1) is 24.3. The van der Waals surface area contributed by atoms with Crippen molar-refractivity contribution in [3.8, 4) is 5.75 Å². The molecule has 0 bridgehead atoms. The number of hydrogen-bond acceptors (Lipinski definition) is 2. The third-order valence-electron chi connectivity index (χ3n) is 6.51. The van der Waals surface area contributed by atoms with Gasteiger partial charge in [0.15, 0.2) is 8.32 Å². The monoisotopic (exact) mass is 462 g/mol. The molecule has 1 saturated carbocycles. The van der Waals surface area contributed by atoms with Crippen molar-refractivity contribution in [3.63, 3.8) is 0 Å². The summed E-state index contributed by atoms with van der Waals surface area (Å²) in [4.78, 5) is 0. The van der Waals surface area contributed by atoms with Crippen molar-refractivity contribution in [2.24, 2.45) is 11.3 Å². The predicted molar refractivity (Wildman–Crippen MR) is 145 cm³/mol. The molecule has 33 heavy (non-hydrogen) atoms. The van der Waals surface area contributed by atoms with Crippen LogP contribution in [0.1, 0.15) is 59.4 Å². The Morgan fingerprint density at radius 1 is 0.848 bits per heavy atom. The molecule has 0 radical (unpaired) electrons. The van der Waals surface area contributed by atoms with Crippen LogP contribution in [-0.2, 0) is 10.8 Å². The molecule has 1 aliphatic carbocycles. The van der Waals surface area contributed by atoms with Crippen LogP contribution in [0.3, 0.4) is 0 Å². The van der Waals surface area contributed by atoms with E-state index in [1.54, 1.807) is 0 Å². The maximum atomic E-state index is 6.81. The molecule has 0 atom stereocenters. The Balaban J connectivity index is 1.56. The first-order valence-corrected chi connectivity index (χ1v) is 15.8. The number of hydrogen-bond donors (Lipinski definition) is 0.